The third-order valence-electron chi connectivity index (χ3n) is 2.53. The monoisotopic (exact) mass is 265 g/mol. The zero-order chi connectivity index (χ0) is 12.9. The number of piperazine rings is 1. The molecule has 1 saturated heterocycles. The minimum atomic E-state index is -3.63. The SMILES string of the molecule is CCCOCC(=O)N1CCN(S(N)(=O)=O)CC1. The van der Waals surface area contributed by atoms with Gasteiger partial charge in [0.15, 0.2) is 0 Å². The highest BCUT2D eigenvalue weighted by Gasteiger charge is 2.26. The summed E-state index contributed by atoms with van der Waals surface area (Å²) in [5.74, 6) is -0.104. The molecule has 0 bridgehead atoms. The number of hydrogen-bond donors (Lipinski definition) is 1. The summed E-state index contributed by atoms with van der Waals surface area (Å²) in [5.41, 5.74) is 0. The van der Waals surface area contributed by atoms with Crippen LogP contribution in [0, 0.1) is 0 Å². The van der Waals surface area contributed by atoms with Crippen LogP contribution >= 0.6 is 0 Å². The van der Waals surface area contributed by atoms with Gasteiger partial charge in [0.05, 0.1) is 0 Å². The van der Waals surface area contributed by atoms with Gasteiger partial charge in [0, 0.05) is 32.8 Å². The maximum absolute atomic E-state index is 11.6. The first-order valence-electron chi connectivity index (χ1n) is 5.58. The van der Waals surface area contributed by atoms with E-state index in [-0.39, 0.29) is 25.6 Å². The van der Waals surface area contributed by atoms with E-state index in [0.717, 1.165) is 6.42 Å². The van der Waals surface area contributed by atoms with Gasteiger partial charge in [-0.3, -0.25) is 4.79 Å². The molecule has 0 radical (unpaired) electrons. The van der Waals surface area contributed by atoms with Crippen molar-refractivity contribution in [3.8, 4) is 0 Å². The van der Waals surface area contributed by atoms with Crippen LogP contribution in [0.3, 0.4) is 0 Å². The van der Waals surface area contributed by atoms with Crippen LogP contribution in [0.4, 0.5) is 0 Å². The molecule has 0 saturated carbocycles. The van der Waals surface area contributed by atoms with Crippen LogP contribution in [0.25, 0.3) is 0 Å². The van der Waals surface area contributed by atoms with E-state index in [9.17, 15) is 13.2 Å². The van der Waals surface area contributed by atoms with Crippen molar-refractivity contribution in [2.75, 3.05) is 39.4 Å². The molecule has 1 aliphatic rings. The van der Waals surface area contributed by atoms with Gasteiger partial charge in [-0.05, 0) is 6.42 Å². The smallest absolute Gasteiger partial charge is 0.277 e. The highest BCUT2D eigenvalue weighted by atomic mass is 32.2. The molecule has 100 valence electrons. The predicted octanol–water partition coefficient (Wildman–Crippen LogP) is -1.24. The lowest BCUT2D eigenvalue weighted by Crippen LogP contribution is -2.52. The fourth-order valence-corrected chi connectivity index (χ4v) is 2.26. The van der Waals surface area contributed by atoms with Gasteiger partial charge in [-0.1, -0.05) is 6.92 Å². The van der Waals surface area contributed by atoms with Crippen LogP contribution in [0.5, 0.6) is 0 Å². The number of carbonyl (C=O) groups is 1. The molecule has 0 spiro atoms. The lowest BCUT2D eigenvalue weighted by molar-refractivity contribution is -0.137. The maximum atomic E-state index is 11.6. The van der Waals surface area contributed by atoms with E-state index in [1.54, 1.807) is 4.90 Å². The number of carbonyl (C=O) groups excluding carboxylic acids is 1. The number of amides is 1. The molecule has 2 N–H and O–H groups in total. The zero-order valence-corrected chi connectivity index (χ0v) is 10.8. The van der Waals surface area contributed by atoms with Crippen molar-refractivity contribution >= 4 is 16.1 Å². The summed E-state index contributed by atoms with van der Waals surface area (Å²) in [6.45, 7) is 3.81. The molecule has 0 unspecified atom stereocenters. The molecule has 17 heavy (non-hydrogen) atoms. The van der Waals surface area contributed by atoms with Crippen LogP contribution in [0.2, 0.25) is 0 Å². The van der Waals surface area contributed by atoms with E-state index in [1.165, 1.54) is 4.31 Å². The van der Waals surface area contributed by atoms with E-state index < -0.39 is 10.2 Å². The summed E-state index contributed by atoms with van der Waals surface area (Å²) >= 11 is 0. The highest BCUT2D eigenvalue weighted by Crippen LogP contribution is 2.04. The quantitative estimate of drug-likeness (QED) is 0.629. The third kappa shape index (κ3) is 4.58. The Morgan fingerprint density at radius 1 is 1.29 bits per heavy atom. The molecule has 1 heterocycles. The van der Waals surface area contributed by atoms with Crippen LogP contribution in [-0.2, 0) is 19.7 Å². The van der Waals surface area contributed by atoms with Crippen LogP contribution in [-0.4, -0.2) is 62.9 Å². The van der Waals surface area contributed by atoms with Crippen molar-refractivity contribution in [1.29, 1.82) is 0 Å². The lowest BCUT2D eigenvalue weighted by Gasteiger charge is -2.32. The molecule has 1 fully saturated rings. The molecule has 1 rings (SSSR count). The second-order valence-corrected chi connectivity index (χ2v) is 5.42. The molecule has 1 amide bonds. The fraction of sp³-hybridized carbons (Fsp3) is 0.889. The first kappa shape index (κ1) is 14.4. The summed E-state index contributed by atoms with van der Waals surface area (Å²) in [7, 11) is -3.63. The first-order valence-corrected chi connectivity index (χ1v) is 7.09. The zero-order valence-electron chi connectivity index (χ0n) is 9.96. The molecular weight excluding hydrogens is 246 g/mol. The van der Waals surface area contributed by atoms with Crippen molar-refractivity contribution < 1.29 is 17.9 Å². The average molecular weight is 265 g/mol. The van der Waals surface area contributed by atoms with Crippen molar-refractivity contribution in [2.24, 2.45) is 5.14 Å². The van der Waals surface area contributed by atoms with Gasteiger partial charge in [-0.2, -0.15) is 12.7 Å². The minimum Gasteiger partial charge on any atom is -0.372 e. The van der Waals surface area contributed by atoms with E-state index >= 15 is 0 Å². The maximum Gasteiger partial charge on any atom is 0.277 e. The van der Waals surface area contributed by atoms with Gasteiger partial charge in [0.2, 0.25) is 5.91 Å². The highest BCUT2D eigenvalue weighted by molar-refractivity contribution is 7.86. The van der Waals surface area contributed by atoms with Gasteiger partial charge in [0.1, 0.15) is 6.61 Å². The van der Waals surface area contributed by atoms with Crippen LogP contribution in [0.15, 0.2) is 0 Å². The Hall–Kier alpha value is -0.700. The molecule has 0 aromatic rings. The standard InChI is InChI=1S/C9H19N3O4S/c1-2-7-16-8-9(13)11-3-5-12(6-4-11)17(10,14)15/h2-8H2,1H3,(H2,10,14,15). The topological polar surface area (TPSA) is 92.9 Å². The Morgan fingerprint density at radius 2 is 1.88 bits per heavy atom. The Kier molecular flexibility index (Phi) is 5.31. The fourth-order valence-electron chi connectivity index (χ4n) is 1.59. The Morgan fingerprint density at radius 3 is 2.35 bits per heavy atom. The molecule has 7 nitrogen and oxygen atoms in total. The van der Waals surface area contributed by atoms with E-state index in [4.69, 9.17) is 9.88 Å². The van der Waals surface area contributed by atoms with Gasteiger partial charge in [0.25, 0.3) is 10.2 Å². The third-order valence-corrected chi connectivity index (χ3v) is 3.61. The molecule has 0 aromatic carbocycles. The van der Waals surface area contributed by atoms with Crippen molar-refractivity contribution in [3.05, 3.63) is 0 Å². The predicted molar refractivity (Wildman–Crippen MR) is 62.4 cm³/mol. The summed E-state index contributed by atoms with van der Waals surface area (Å²) in [4.78, 5) is 13.2. The second-order valence-electron chi connectivity index (χ2n) is 3.88. The average Bonchev–Trinajstić information content (AvgIpc) is 2.28. The van der Waals surface area contributed by atoms with E-state index in [2.05, 4.69) is 0 Å². The Labute approximate surface area is 102 Å². The van der Waals surface area contributed by atoms with Gasteiger partial charge < -0.3 is 9.64 Å². The summed E-state index contributed by atoms with van der Waals surface area (Å²) < 4.78 is 28.4. The molecule has 8 heteroatoms. The molecule has 1 aliphatic heterocycles. The van der Waals surface area contributed by atoms with Gasteiger partial charge in [-0.25, -0.2) is 5.14 Å². The van der Waals surface area contributed by atoms with E-state index in [0.29, 0.717) is 19.7 Å². The number of hydrogen-bond acceptors (Lipinski definition) is 4. The summed E-state index contributed by atoms with van der Waals surface area (Å²) in [6, 6.07) is 0. The number of rotatable bonds is 5. The Bertz CT molecular complexity index is 349. The second kappa shape index (κ2) is 6.29. The number of nitrogens with zero attached hydrogens (tertiary/aromatic N) is 2. The largest absolute Gasteiger partial charge is 0.372 e. The summed E-state index contributed by atoms with van der Waals surface area (Å²) in [5, 5.41) is 5.00. The normalized spacial score (nSPS) is 18.4. The molecule has 0 aliphatic carbocycles. The Balaban J connectivity index is 2.34. The van der Waals surface area contributed by atoms with E-state index in [1.807, 2.05) is 6.92 Å². The minimum absolute atomic E-state index is 0.0587. The number of nitrogens with two attached hydrogens (primary N) is 1. The number of ether oxygens (including phenoxy) is 1. The lowest BCUT2D eigenvalue weighted by atomic mass is 10.3. The van der Waals surface area contributed by atoms with Gasteiger partial charge in [-0.15, -0.1) is 0 Å². The molecular formula is C9H19N3O4S. The van der Waals surface area contributed by atoms with Gasteiger partial charge >= 0.3 is 0 Å². The van der Waals surface area contributed by atoms with Crippen LogP contribution < -0.4 is 5.14 Å². The summed E-state index contributed by atoms with van der Waals surface area (Å²) in [6.07, 6.45) is 0.868. The molecule has 0 atom stereocenters. The van der Waals surface area contributed by atoms with Crippen molar-refractivity contribution in [2.45, 2.75) is 13.3 Å². The molecule has 0 aromatic heterocycles. The van der Waals surface area contributed by atoms with Crippen molar-refractivity contribution in [1.82, 2.24) is 9.21 Å². The van der Waals surface area contributed by atoms with Crippen molar-refractivity contribution in [3.63, 3.8) is 0 Å². The first-order chi connectivity index (χ1) is 7.95. The van der Waals surface area contributed by atoms with Crippen LogP contribution in [0.1, 0.15) is 13.3 Å².